The Balaban J connectivity index is 1.60. The highest BCUT2D eigenvalue weighted by Crippen LogP contribution is 2.37. The number of hydrogen-bond donors (Lipinski definition) is 1. The predicted molar refractivity (Wildman–Crippen MR) is 123 cm³/mol. The molecule has 2 saturated heterocycles. The summed E-state index contributed by atoms with van der Waals surface area (Å²) in [4.78, 5) is 25.5. The number of rotatable bonds is 8. The van der Waals surface area contributed by atoms with Crippen molar-refractivity contribution in [3.05, 3.63) is 12.1 Å². The summed E-state index contributed by atoms with van der Waals surface area (Å²) in [7, 11) is -0.744. The molecule has 4 rings (SSSR count). The SMILES string of the molecule is COc1cc2nc(N3CCC(=O)C3)nc(N3CCC(CCOS(N)(=O)=O)CC3)c2cc1OC. The summed E-state index contributed by atoms with van der Waals surface area (Å²) in [5, 5.41) is 5.75. The number of fused-ring (bicyclic) bond motifs is 1. The third-order valence-electron chi connectivity index (χ3n) is 6.17. The van der Waals surface area contributed by atoms with Crippen molar-refractivity contribution in [1.82, 2.24) is 9.97 Å². The standard InChI is InChI=1S/C21H29N5O6S/c1-30-18-11-16-17(12-19(18)31-2)23-21(26-9-5-15(27)13-26)24-20(16)25-7-3-14(4-8-25)6-10-32-33(22,28)29/h11-12,14H,3-10,13H2,1-2H3,(H2,22,28,29). The van der Waals surface area contributed by atoms with Gasteiger partial charge in [-0.25, -0.2) is 10.1 Å². The van der Waals surface area contributed by atoms with Gasteiger partial charge in [0, 0.05) is 37.5 Å². The number of ketones is 1. The molecule has 0 radical (unpaired) electrons. The van der Waals surface area contributed by atoms with Crippen molar-refractivity contribution >= 4 is 38.8 Å². The van der Waals surface area contributed by atoms with Gasteiger partial charge in [0.15, 0.2) is 17.3 Å². The van der Waals surface area contributed by atoms with Crippen LogP contribution >= 0.6 is 0 Å². The number of Topliss-reactive ketones (excluding diaryl/α,β-unsaturated/α-hetero) is 1. The molecule has 3 heterocycles. The number of benzene rings is 1. The van der Waals surface area contributed by atoms with E-state index >= 15 is 0 Å². The minimum atomic E-state index is -3.91. The lowest BCUT2D eigenvalue weighted by Crippen LogP contribution is -2.35. The van der Waals surface area contributed by atoms with Crippen LogP contribution in [0.15, 0.2) is 12.1 Å². The molecule has 0 spiro atoms. The van der Waals surface area contributed by atoms with Crippen molar-refractivity contribution in [3.63, 3.8) is 0 Å². The predicted octanol–water partition coefficient (Wildman–Crippen LogP) is 1.25. The molecule has 0 bridgehead atoms. The lowest BCUT2D eigenvalue weighted by atomic mass is 9.94. The van der Waals surface area contributed by atoms with Gasteiger partial charge in [-0.1, -0.05) is 0 Å². The molecule has 33 heavy (non-hydrogen) atoms. The second-order valence-electron chi connectivity index (χ2n) is 8.32. The number of aromatic nitrogens is 2. The molecule has 0 atom stereocenters. The van der Waals surface area contributed by atoms with E-state index in [4.69, 9.17) is 24.6 Å². The zero-order chi connectivity index (χ0) is 23.6. The van der Waals surface area contributed by atoms with Crippen LogP contribution in [-0.2, 0) is 19.3 Å². The Hall–Kier alpha value is -2.70. The third-order valence-corrected chi connectivity index (χ3v) is 6.66. The Morgan fingerprint density at radius 1 is 1.06 bits per heavy atom. The van der Waals surface area contributed by atoms with Crippen LogP contribution in [0.2, 0.25) is 0 Å². The van der Waals surface area contributed by atoms with E-state index in [1.807, 2.05) is 17.0 Å². The molecule has 0 amide bonds. The average Bonchev–Trinajstić information content (AvgIpc) is 3.23. The molecule has 1 aromatic heterocycles. The van der Waals surface area contributed by atoms with Crippen LogP contribution in [0.5, 0.6) is 11.5 Å². The van der Waals surface area contributed by atoms with E-state index in [1.165, 1.54) is 0 Å². The maximum atomic E-state index is 11.8. The summed E-state index contributed by atoms with van der Waals surface area (Å²) in [5.41, 5.74) is 0.718. The Bertz CT molecular complexity index is 1130. The molecule has 12 heteroatoms. The molecule has 180 valence electrons. The normalized spacial score (nSPS) is 17.7. The Morgan fingerprint density at radius 2 is 1.76 bits per heavy atom. The highest BCUT2D eigenvalue weighted by molar-refractivity contribution is 7.84. The minimum absolute atomic E-state index is 0.0874. The van der Waals surface area contributed by atoms with Gasteiger partial charge in [0.25, 0.3) is 0 Å². The van der Waals surface area contributed by atoms with E-state index in [0.717, 1.165) is 42.7 Å². The lowest BCUT2D eigenvalue weighted by molar-refractivity contribution is -0.116. The fourth-order valence-corrected chi connectivity index (χ4v) is 4.70. The van der Waals surface area contributed by atoms with Gasteiger partial charge < -0.3 is 19.3 Å². The van der Waals surface area contributed by atoms with E-state index in [0.29, 0.717) is 49.3 Å². The monoisotopic (exact) mass is 479 g/mol. The Labute approximate surface area is 193 Å². The summed E-state index contributed by atoms with van der Waals surface area (Å²) in [6.45, 7) is 2.50. The molecule has 2 N–H and O–H groups in total. The van der Waals surface area contributed by atoms with Gasteiger partial charge in [0.2, 0.25) is 5.95 Å². The molecule has 2 fully saturated rings. The summed E-state index contributed by atoms with van der Waals surface area (Å²) in [6.07, 6.45) is 2.85. The largest absolute Gasteiger partial charge is 0.493 e. The van der Waals surface area contributed by atoms with E-state index in [2.05, 4.69) is 9.08 Å². The van der Waals surface area contributed by atoms with E-state index in [9.17, 15) is 13.2 Å². The minimum Gasteiger partial charge on any atom is -0.493 e. The van der Waals surface area contributed by atoms with E-state index in [-0.39, 0.29) is 12.4 Å². The molecule has 0 aliphatic carbocycles. The molecule has 2 aliphatic heterocycles. The van der Waals surface area contributed by atoms with Gasteiger partial charge in [-0.2, -0.15) is 13.4 Å². The van der Waals surface area contributed by atoms with Crippen LogP contribution in [0.3, 0.4) is 0 Å². The van der Waals surface area contributed by atoms with Crippen molar-refractivity contribution in [2.75, 3.05) is 56.8 Å². The zero-order valence-corrected chi connectivity index (χ0v) is 19.6. The number of hydrogen-bond acceptors (Lipinski definition) is 10. The summed E-state index contributed by atoms with van der Waals surface area (Å²) >= 11 is 0. The van der Waals surface area contributed by atoms with Crippen molar-refractivity contribution in [1.29, 1.82) is 0 Å². The molecule has 2 aliphatic rings. The summed E-state index contributed by atoms with van der Waals surface area (Å²) in [6, 6.07) is 3.71. The first-order chi connectivity index (χ1) is 15.8. The fraction of sp³-hybridized carbons (Fsp3) is 0.571. The van der Waals surface area contributed by atoms with Crippen molar-refractivity contribution in [2.45, 2.75) is 25.7 Å². The van der Waals surface area contributed by atoms with Crippen molar-refractivity contribution < 1.29 is 26.9 Å². The van der Waals surface area contributed by atoms with Gasteiger partial charge in [0.05, 0.1) is 32.9 Å². The number of carbonyl (C=O) groups is 1. The van der Waals surface area contributed by atoms with Gasteiger partial charge in [0.1, 0.15) is 5.82 Å². The second kappa shape index (κ2) is 9.65. The number of ether oxygens (including phenoxy) is 2. The number of methoxy groups -OCH3 is 2. The number of carbonyl (C=O) groups excluding carboxylic acids is 1. The summed E-state index contributed by atoms with van der Waals surface area (Å²) < 4.78 is 37.6. The number of piperidine rings is 1. The first kappa shape index (κ1) is 23.5. The van der Waals surface area contributed by atoms with Crippen LogP contribution in [0, 0.1) is 5.92 Å². The Kier molecular flexibility index (Phi) is 6.86. The summed E-state index contributed by atoms with van der Waals surface area (Å²) in [5.74, 6) is 2.99. The topological polar surface area (TPSA) is 137 Å². The van der Waals surface area contributed by atoms with Gasteiger partial charge in [-0.15, -0.1) is 0 Å². The lowest BCUT2D eigenvalue weighted by Gasteiger charge is -2.34. The Morgan fingerprint density at radius 3 is 2.36 bits per heavy atom. The van der Waals surface area contributed by atoms with Crippen LogP contribution in [-0.4, -0.2) is 71.2 Å². The highest BCUT2D eigenvalue weighted by atomic mass is 32.2. The van der Waals surface area contributed by atoms with Crippen LogP contribution in [0.1, 0.15) is 25.7 Å². The maximum Gasteiger partial charge on any atom is 0.333 e. The van der Waals surface area contributed by atoms with E-state index < -0.39 is 10.3 Å². The molecule has 2 aromatic rings. The zero-order valence-electron chi connectivity index (χ0n) is 18.8. The van der Waals surface area contributed by atoms with Gasteiger partial charge in [-0.3, -0.25) is 8.98 Å². The third kappa shape index (κ3) is 5.45. The quantitative estimate of drug-likeness (QED) is 0.589. The van der Waals surface area contributed by atoms with Crippen molar-refractivity contribution in [3.8, 4) is 11.5 Å². The highest BCUT2D eigenvalue weighted by Gasteiger charge is 2.27. The van der Waals surface area contributed by atoms with Crippen LogP contribution < -0.4 is 24.4 Å². The smallest absolute Gasteiger partial charge is 0.333 e. The second-order valence-corrected chi connectivity index (χ2v) is 9.54. The molecular weight excluding hydrogens is 450 g/mol. The first-order valence-electron chi connectivity index (χ1n) is 10.9. The molecule has 0 unspecified atom stereocenters. The molecule has 0 saturated carbocycles. The maximum absolute atomic E-state index is 11.8. The number of nitrogens with two attached hydrogens (primary N) is 1. The van der Waals surface area contributed by atoms with Crippen molar-refractivity contribution in [2.24, 2.45) is 11.1 Å². The van der Waals surface area contributed by atoms with Gasteiger partial charge >= 0.3 is 10.3 Å². The number of anilines is 2. The van der Waals surface area contributed by atoms with Crippen LogP contribution in [0.25, 0.3) is 10.9 Å². The average molecular weight is 480 g/mol. The van der Waals surface area contributed by atoms with E-state index in [1.54, 1.807) is 14.2 Å². The molecule has 1 aromatic carbocycles. The van der Waals surface area contributed by atoms with Gasteiger partial charge in [-0.05, 0) is 31.2 Å². The fourth-order valence-electron chi connectivity index (χ4n) is 4.38. The number of nitrogens with zero attached hydrogens (tertiary/aromatic N) is 4. The molecular formula is C21H29N5O6S. The van der Waals surface area contributed by atoms with Crippen LogP contribution in [0.4, 0.5) is 11.8 Å². The first-order valence-corrected chi connectivity index (χ1v) is 12.4. The molecule has 11 nitrogen and oxygen atoms in total.